The Bertz CT molecular complexity index is 359. The van der Waals surface area contributed by atoms with E-state index in [1.807, 2.05) is 0 Å². The standard InChI is InChI=1S/C15H25N3/c1-13-5-3-7-15(17-13)12-18(2)10-8-14-6-4-9-16-11-14/h3,5,7,14,16H,4,6,8-12H2,1-2H3. The maximum absolute atomic E-state index is 4.55. The lowest BCUT2D eigenvalue weighted by Gasteiger charge is -2.25. The van der Waals surface area contributed by atoms with Crippen LogP contribution >= 0.6 is 0 Å². The molecule has 0 spiro atoms. The van der Waals surface area contributed by atoms with Crippen LogP contribution in [0.1, 0.15) is 30.7 Å². The average molecular weight is 247 g/mol. The molecule has 1 aromatic heterocycles. The molecule has 1 aromatic rings. The highest BCUT2D eigenvalue weighted by atomic mass is 15.1. The zero-order valence-corrected chi connectivity index (χ0v) is 11.7. The van der Waals surface area contributed by atoms with E-state index in [-0.39, 0.29) is 0 Å². The maximum atomic E-state index is 4.55. The second-order valence-corrected chi connectivity index (χ2v) is 5.51. The molecule has 1 N–H and O–H groups in total. The largest absolute Gasteiger partial charge is 0.316 e. The summed E-state index contributed by atoms with van der Waals surface area (Å²) >= 11 is 0. The molecule has 3 heteroatoms. The first kappa shape index (κ1) is 13.5. The van der Waals surface area contributed by atoms with Gasteiger partial charge >= 0.3 is 0 Å². The molecule has 1 saturated heterocycles. The van der Waals surface area contributed by atoms with E-state index in [4.69, 9.17) is 0 Å². The fourth-order valence-electron chi connectivity index (χ4n) is 2.62. The topological polar surface area (TPSA) is 28.2 Å². The highest BCUT2D eigenvalue weighted by Crippen LogP contribution is 2.14. The molecule has 0 saturated carbocycles. The first-order valence-electron chi connectivity index (χ1n) is 7.06. The summed E-state index contributed by atoms with van der Waals surface area (Å²) in [7, 11) is 2.19. The molecule has 1 unspecified atom stereocenters. The molecule has 0 aliphatic carbocycles. The van der Waals surface area contributed by atoms with E-state index in [1.165, 1.54) is 44.6 Å². The summed E-state index contributed by atoms with van der Waals surface area (Å²) in [5, 5.41) is 3.48. The highest BCUT2D eigenvalue weighted by Gasteiger charge is 2.13. The minimum absolute atomic E-state index is 0.867. The number of pyridine rings is 1. The molecular formula is C15H25N3. The third kappa shape index (κ3) is 4.39. The number of aromatic nitrogens is 1. The minimum atomic E-state index is 0.867. The van der Waals surface area contributed by atoms with Crippen molar-refractivity contribution < 1.29 is 0 Å². The molecule has 2 rings (SSSR count). The molecule has 0 aromatic carbocycles. The van der Waals surface area contributed by atoms with Gasteiger partial charge < -0.3 is 10.2 Å². The number of rotatable bonds is 5. The normalized spacial score (nSPS) is 20.3. The molecular weight excluding hydrogens is 222 g/mol. The lowest BCUT2D eigenvalue weighted by atomic mass is 9.96. The van der Waals surface area contributed by atoms with E-state index in [9.17, 15) is 0 Å². The van der Waals surface area contributed by atoms with Gasteiger partial charge in [0, 0.05) is 12.2 Å². The second-order valence-electron chi connectivity index (χ2n) is 5.51. The first-order chi connectivity index (χ1) is 8.74. The lowest BCUT2D eigenvalue weighted by molar-refractivity contribution is 0.266. The predicted octanol–water partition coefficient (Wildman–Crippen LogP) is 2.21. The summed E-state index contributed by atoms with van der Waals surface area (Å²) in [5.74, 6) is 0.867. The van der Waals surface area contributed by atoms with Gasteiger partial charge in [0.05, 0.1) is 5.69 Å². The monoisotopic (exact) mass is 247 g/mol. The van der Waals surface area contributed by atoms with Crippen molar-refractivity contribution >= 4 is 0 Å². The fourth-order valence-corrected chi connectivity index (χ4v) is 2.62. The fraction of sp³-hybridized carbons (Fsp3) is 0.667. The molecule has 0 bridgehead atoms. The second kappa shape index (κ2) is 6.86. The Morgan fingerprint density at radius 1 is 1.44 bits per heavy atom. The zero-order valence-electron chi connectivity index (χ0n) is 11.7. The molecule has 1 atom stereocenters. The number of hydrogen-bond acceptors (Lipinski definition) is 3. The van der Waals surface area contributed by atoms with E-state index >= 15 is 0 Å². The van der Waals surface area contributed by atoms with Gasteiger partial charge in [-0.05, 0) is 70.9 Å². The minimum Gasteiger partial charge on any atom is -0.316 e. The molecule has 0 amide bonds. The molecule has 1 aliphatic rings. The van der Waals surface area contributed by atoms with E-state index in [0.717, 1.165) is 18.2 Å². The van der Waals surface area contributed by atoms with Gasteiger partial charge in [-0.25, -0.2) is 0 Å². The molecule has 18 heavy (non-hydrogen) atoms. The molecule has 100 valence electrons. The predicted molar refractivity (Wildman–Crippen MR) is 75.5 cm³/mol. The summed E-state index contributed by atoms with van der Waals surface area (Å²) in [5.41, 5.74) is 2.29. The van der Waals surface area contributed by atoms with Crippen molar-refractivity contribution in [1.82, 2.24) is 15.2 Å². The smallest absolute Gasteiger partial charge is 0.0547 e. The Morgan fingerprint density at radius 3 is 3.06 bits per heavy atom. The van der Waals surface area contributed by atoms with Crippen LogP contribution in [0.25, 0.3) is 0 Å². The van der Waals surface area contributed by atoms with Crippen molar-refractivity contribution in [2.75, 3.05) is 26.7 Å². The molecule has 2 heterocycles. The number of piperidine rings is 1. The van der Waals surface area contributed by atoms with Crippen LogP contribution in [0, 0.1) is 12.8 Å². The molecule has 3 nitrogen and oxygen atoms in total. The first-order valence-corrected chi connectivity index (χ1v) is 7.06. The van der Waals surface area contributed by atoms with Crippen LogP contribution in [-0.4, -0.2) is 36.6 Å². The lowest BCUT2D eigenvalue weighted by Crippen LogP contribution is -2.32. The Labute approximate surface area is 111 Å². The summed E-state index contributed by atoms with van der Waals surface area (Å²) < 4.78 is 0. The van der Waals surface area contributed by atoms with Gasteiger partial charge in [0.15, 0.2) is 0 Å². The van der Waals surface area contributed by atoms with Gasteiger partial charge in [-0.3, -0.25) is 4.98 Å². The van der Waals surface area contributed by atoms with Crippen molar-refractivity contribution in [1.29, 1.82) is 0 Å². The van der Waals surface area contributed by atoms with Crippen molar-refractivity contribution in [3.63, 3.8) is 0 Å². The van der Waals surface area contributed by atoms with Crippen molar-refractivity contribution in [3.05, 3.63) is 29.6 Å². The Balaban J connectivity index is 1.72. The third-order valence-electron chi connectivity index (χ3n) is 3.70. The summed E-state index contributed by atoms with van der Waals surface area (Å²) in [6.07, 6.45) is 4.03. The summed E-state index contributed by atoms with van der Waals surface area (Å²) in [6, 6.07) is 6.26. The molecule has 1 fully saturated rings. The molecule has 1 aliphatic heterocycles. The summed E-state index contributed by atoms with van der Waals surface area (Å²) in [4.78, 5) is 6.94. The van der Waals surface area contributed by atoms with Crippen LogP contribution in [0.5, 0.6) is 0 Å². The van der Waals surface area contributed by atoms with E-state index in [0.29, 0.717) is 0 Å². The Hall–Kier alpha value is -0.930. The number of hydrogen-bond donors (Lipinski definition) is 1. The van der Waals surface area contributed by atoms with Gasteiger partial charge in [-0.2, -0.15) is 0 Å². The highest BCUT2D eigenvalue weighted by molar-refractivity contribution is 5.09. The maximum Gasteiger partial charge on any atom is 0.0547 e. The van der Waals surface area contributed by atoms with Gasteiger partial charge in [-0.15, -0.1) is 0 Å². The van der Waals surface area contributed by atoms with Gasteiger partial charge in [0.25, 0.3) is 0 Å². The Morgan fingerprint density at radius 2 is 2.33 bits per heavy atom. The SMILES string of the molecule is Cc1cccc(CN(C)CCC2CCCNC2)n1. The average Bonchev–Trinajstić information content (AvgIpc) is 2.38. The number of nitrogens with zero attached hydrogens (tertiary/aromatic N) is 2. The van der Waals surface area contributed by atoms with Crippen molar-refractivity contribution in [2.45, 2.75) is 32.7 Å². The molecule has 0 radical (unpaired) electrons. The van der Waals surface area contributed by atoms with Crippen LogP contribution in [-0.2, 0) is 6.54 Å². The van der Waals surface area contributed by atoms with Crippen LogP contribution < -0.4 is 5.32 Å². The number of aryl methyl sites for hydroxylation is 1. The van der Waals surface area contributed by atoms with Crippen LogP contribution in [0.4, 0.5) is 0 Å². The van der Waals surface area contributed by atoms with E-state index in [1.54, 1.807) is 0 Å². The quantitative estimate of drug-likeness (QED) is 0.864. The van der Waals surface area contributed by atoms with Crippen molar-refractivity contribution in [2.24, 2.45) is 5.92 Å². The third-order valence-corrected chi connectivity index (χ3v) is 3.70. The van der Waals surface area contributed by atoms with Crippen LogP contribution in [0.2, 0.25) is 0 Å². The van der Waals surface area contributed by atoms with Crippen molar-refractivity contribution in [3.8, 4) is 0 Å². The Kier molecular flexibility index (Phi) is 5.14. The number of nitrogens with one attached hydrogen (secondary N) is 1. The van der Waals surface area contributed by atoms with Gasteiger partial charge in [0.1, 0.15) is 0 Å². The summed E-state index contributed by atoms with van der Waals surface area (Å²) in [6.45, 7) is 6.59. The van der Waals surface area contributed by atoms with E-state index < -0.39 is 0 Å². The van der Waals surface area contributed by atoms with Gasteiger partial charge in [-0.1, -0.05) is 6.07 Å². The van der Waals surface area contributed by atoms with Crippen LogP contribution in [0.15, 0.2) is 18.2 Å². The van der Waals surface area contributed by atoms with Crippen LogP contribution in [0.3, 0.4) is 0 Å². The van der Waals surface area contributed by atoms with E-state index in [2.05, 4.69) is 47.4 Å². The zero-order chi connectivity index (χ0) is 12.8. The van der Waals surface area contributed by atoms with Gasteiger partial charge in [0.2, 0.25) is 0 Å².